The maximum absolute atomic E-state index is 13.1. The Balaban J connectivity index is 2.13. The quantitative estimate of drug-likeness (QED) is 0.662. The van der Waals surface area contributed by atoms with Crippen molar-refractivity contribution in [3.05, 3.63) is 52.1 Å². The lowest BCUT2D eigenvalue weighted by atomic mass is 10.3. The zero-order chi connectivity index (χ0) is 15.4. The van der Waals surface area contributed by atoms with Gasteiger partial charge in [-0.05, 0) is 12.1 Å². The average molecular weight is 294 g/mol. The lowest BCUT2D eigenvalue weighted by molar-refractivity contribution is -0.386. The van der Waals surface area contributed by atoms with E-state index in [1.54, 1.807) is 0 Å². The molecule has 0 aliphatic carbocycles. The van der Waals surface area contributed by atoms with Crippen molar-refractivity contribution >= 4 is 11.6 Å². The zero-order valence-electron chi connectivity index (χ0n) is 10.9. The van der Waals surface area contributed by atoms with Crippen molar-refractivity contribution in [3.8, 4) is 5.75 Å². The molecule has 0 aliphatic heterocycles. The van der Waals surface area contributed by atoms with Crippen LogP contribution in [0.1, 0.15) is 10.5 Å². The van der Waals surface area contributed by atoms with E-state index >= 15 is 0 Å². The van der Waals surface area contributed by atoms with Gasteiger partial charge in [-0.2, -0.15) is 5.10 Å². The number of aromatic nitrogens is 2. The van der Waals surface area contributed by atoms with Gasteiger partial charge in [-0.1, -0.05) is 0 Å². The van der Waals surface area contributed by atoms with Gasteiger partial charge in [0, 0.05) is 25.4 Å². The lowest BCUT2D eigenvalue weighted by Crippen LogP contribution is -2.19. The molecule has 1 N–H and O–H groups in total. The molecule has 8 nitrogen and oxygen atoms in total. The highest BCUT2D eigenvalue weighted by molar-refractivity contribution is 5.91. The minimum atomic E-state index is -0.673. The van der Waals surface area contributed by atoms with E-state index < -0.39 is 10.7 Å². The first-order chi connectivity index (χ1) is 10.0. The highest BCUT2D eigenvalue weighted by atomic mass is 19.1. The summed E-state index contributed by atoms with van der Waals surface area (Å²) in [4.78, 5) is 21.5. The number of nitrogens with zero attached hydrogens (tertiary/aromatic N) is 3. The number of carbonyl (C=O) groups excluding carboxylic acids is 1. The van der Waals surface area contributed by atoms with Crippen LogP contribution in [-0.2, 0) is 6.73 Å². The van der Waals surface area contributed by atoms with Crippen molar-refractivity contribution in [1.29, 1.82) is 0 Å². The minimum Gasteiger partial charge on any atom is -0.464 e. The summed E-state index contributed by atoms with van der Waals surface area (Å²) in [6.45, 7) is -0.193. The Morgan fingerprint density at radius 2 is 2.29 bits per heavy atom. The monoisotopic (exact) mass is 294 g/mol. The molecule has 110 valence electrons. The van der Waals surface area contributed by atoms with E-state index in [4.69, 9.17) is 4.74 Å². The van der Waals surface area contributed by atoms with Crippen molar-refractivity contribution in [2.75, 3.05) is 7.05 Å². The number of nitro benzene ring substituents is 1. The van der Waals surface area contributed by atoms with E-state index in [2.05, 4.69) is 10.4 Å². The van der Waals surface area contributed by atoms with E-state index in [0.717, 1.165) is 18.2 Å². The smallest absolute Gasteiger partial charge is 0.311 e. The summed E-state index contributed by atoms with van der Waals surface area (Å²) in [6, 6.07) is 4.37. The van der Waals surface area contributed by atoms with Crippen LogP contribution < -0.4 is 10.1 Å². The number of benzene rings is 1. The molecule has 0 spiro atoms. The van der Waals surface area contributed by atoms with Crippen LogP contribution >= 0.6 is 0 Å². The molecule has 0 saturated heterocycles. The second-order valence-corrected chi connectivity index (χ2v) is 3.96. The fourth-order valence-electron chi connectivity index (χ4n) is 1.57. The van der Waals surface area contributed by atoms with E-state index in [9.17, 15) is 19.3 Å². The largest absolute Gasteiger partial charge is 0.464 e. The van der Waals surface area contributed by atoms with Gasteiger partial charge in [-0.25, -0.2) is 9.07 Å². The minimum absolute atomic E-state index is 0.176. The van der Waals surface area contributed by atoms with Crippen LogP contribution in [-0.4, -0.2) is 27.7 Å². The summed E-state index contributed by atoms with van der Waals surface area (Å²) in [6.07, 6.45) is 1.47. The van der Waals surface area contributed by atoms with E-state index in [1.807, 2.05) is 0 Å². The molecule has 1 aromatic carbocycles. The number of rotatable bonds is 5. The van der Waals surface area contributed by atoms with Crippen molar-refractivity contribution in [1.82, 2.24) is 15.1 Å². The van der Waals surface area contributed by atoms with Gasteiger partial charge in [-0.3, -0.25) is 14.9 Å². The molecule has 0 bridgehead atoms. The number of hydrogen-bond acceptors (Lipinski definition) is 5. The first-order valence-corrected chi connectivity index (χ1v) is 5.83. The van der Waals surface area contributed by atoms with Gasteiger partial charge in [0.15, 0.2) is 6.73 Å². The van der Waals surface area contributed by atoms with Crippen LogP contribution in [0.25, 0.3) is 0 Å². The second-order valence-electron chi connectivity index (χ2n) is 3.96. The summed E-state index contributed by atoms with van der Waals surface area (Å²) in [5.41, 5.74) is -0.176. The first-order valence-electron chi connectivity index (χ1n) is 5.83. The second kappa shape index (κ2) is 5.99. The number of nitrogens with one attached hydrogen (secondary N) is 1. The van der Waals surface area contributed by atoms with Crippen LogP contribution in [0.4, 0.5) is 10.1 Å². The molecule has 2 aromatic rings. The normalized spacial score (nSPS) is 10.2. The van der Waals surface area contributed by atoms with Crippen molar-refractivity contribution in [2.24, 2.45) is 0 Å². The standard InChI is InChI=1S/C12H11FN4O4/c1-14-12(18)9-4-5-16(15-9)7-21-11-6-8(13)2-3-10(11)17(19)20/h2-6H,7H2,1H3,(H,14,18). The molecule has 9 heteroatoms. The topological polar surface area (TPSA) is 99.3 Å². The number of carbonyl (C=O) groups is 1. The maximum atomic E-state index is 13.1. The summed E-state index contributed by atoms with van der Waals surface area (Å²) in [7, 11) is 1.47. The number of ether oxygens (including phenoxy) is 1. The molecule has 0 fully saturated rings. The van der Waals surface area contributed by atoms with Crippen molar-refractivity contribution in [3.63, 3.8) is 0 Å². The third kappa shape index (κ3) is 3.32. The number of hydrogen-bond donors (Lipinski definition) is 1. The molecule has 1 heterocycles. The van der Waals surface area contributed by atoms with Gasteiger partial charge in [0.2, 0.25) is 5.75 Å². The molecule has 0 aliphatic rings. The highest BCUT2D eigenvalue weighted by Gasteiger charge is 2.16. The Bertz CT molecular complexity index is 686. The molecule has 1 amide bonds. The summed E-state index contributed by atoms with van der Waals surface area (Å²) >= 11 is 0. The predicted molar refractivity (Wildman–Crippen MR) is 69.3 cm³/mol. The zero-order valence-corrected chi connectivity index (χ0v) is 10.9. The molecular formula is C12H11FN4O4. The van der Waals surface area contributed by atoms with Crippen LogP contribution in [0, 0.1) is 15.9 Å². The van der Waals surface area contributed by atoms with Gasteiger partial charge >= 0.3 is 5.69 Å². The maximum Gasteiger partial charge on any atom is 0.311 e. The fraction of sp³-hybridized carbons (Fsp3) is 0.167. The lowest BCUT2D eigenvalue weighted by Gasteiger charge is -2.06. The van der Waals surface area contributed by atoms with Crippen LogP contribution in [0.15, 0.2) is 30.5 Å². The van der Waals surface area contributed by atoms with Gasteiger partial charge < -0.3 is 10.1 Å². The summed E-state index contributed by atoms with van der Waals surface area (Å²) in [5, 5.41) is 17.1. The number of amides is 1. The predicted octanol–water partition coefficient (Wildman–Crippen LogP) is 1.33. The van der Waals surface area contributed by atoms with E-state index in [1.165, 1.54) is 24.0 Å². The third-order valence-electron chi connectivity index (χ3n) is 2.57. The Labute approximate surface area is 118 Å². The Hall–Kier alpha value is -2.97. The van der Waals surface area contributed by atoms with Crippen LogP contribution in [0.2, 0.25) is 0 Å². The number of halogens is 1. The van der Waals surface area contributed by atoms with Gasteiger partial charge in [-0.15, -0.1) is 0 Å². The molecule has 0 unspecified atom stereocenters. The molecule has 0 radical (unpaired) electrons. The van der Waals surface area contributed by atoms with E-state index in [0.29, 0.717) is 0 Å². The molecular weight excluding hydrogens is 283 g/mol. The van der Waals surface area contributed by atoms with Crippen LogP contribution in [0.3, 0.4) is 0 Å². The van der Waals surface area contributed by atoms with Gasteiger partial charge in [0.05, 0.1) is 4.92 Å². The Kier molecular flexibility index (Phi) is 4.12. The molecule has 21 heavy (non-hydrogen) atoms. The Morgan fingerprint density at radius 1 is 1.52 bits per heavy atom. The first kappa shape index (κ1) is 14.4. The van der Waals surface area contributed by atoms with Crippen LogP contribution in [0.5, 0.6) is 5.75 Å². The third-order valence-corrected chi connectivity index (χ3v) is 2.57. The molecule has 2 rings (SSSR count). The van der Waals surface area contributed by atoms with Gasteiger partial charge in [0.25, 0.3) is 5.91 Å². The van der Waals surface area contributed by atoms with E-state index in [-0.39, 0.29) is 29.8 Å². The Morgan fingerprint density at radius 3 is 2.95 bits per heavy atom. The fourth-order valence-corrected chi connectivity index (χ4v) is 1.57. The van der Waals surface area contributed by atoms with Crippen molar-refractivity contribution in [2.45, 2.75) is 6.73 Å². The highest BCUT2D eigenvalue weighted by Crippen LogP contribution is 2.27. The van der Waals surface area contributed by atoms with Gasteiger partial charge in [0.1, 0.15) is 11.5 Å². The molecule has 1 aromatic heterocycles. The average Bonchev–Trinajstić information content (AvgIpc) is 2.93. The molecule has 0 atom stereocenters. The molecule has 0 saturated carbocycles. The summed E-state index contributed by atoms with van der Waals surface area (Å²) < 4.78 is 19.6. The van der Waals surface area contributed by atoms with Crippen molar-refractivity contribution < 1.29 is 18.8 Å². The summed E-state index contributed by atoms with van der Waals surface area (Å²) in [5.74, 6) is -1.23. The SMILES string of the molecule is CNC(=O)c1ccn(COc2cc(F)ccc2[N+](=O)[O-])n1. The number of nitro groups is 1.